The van der Waals surface area contributed by atoms with Gasteiger partial charge in [-0.1, -0.05) is 23.7 Å². The second-order valence-electron chi connectivity index (χ2n) is 5.82. The highest BCUT2D eigenvalue weighted by Gasteiger charge is 2.31. The van der Waals surface area contributed by atoms with Gasteiger partial charge in [-0.05, 0) is 42.5 Å². The Morgan fingerprint density at radius 3 is 2.36 bits per heavy atom. The quantitative estimate of drug-likeness (QED) is 0.474. The van der Waals surface area contributed by atoms with Crippen molar-refractivity contribution in [1.82, 2.24) is 0 Å². The molecule has 0 saturated carbocycles. The van der Waals surface area contributed by atoms with Crippen molar-refractivity contribution in [3.8, 4) is 17.2 Å². The molecule has 0 heterocycles. The summed E-state index contributed by atoms with van der Waals surface area (Å²) in [5.74, 6) is 1.08. The Labute approximate surface area is 164 Å². The van der Waals surface area contributed by atoms with Gasteiger partial charge in [-0.15, -0.1) is 0 Å². The SMILES string of the molecule is COc1ccccc1Nc1cc(Oc2ccc(C(F)(F)F)cc2Cl)ccc1N. The second-order valence-corrected chi connectivity index (χ2v) is 6.23. The number of nitrogens with one attached hydrogen (secondary N) is 1. The molecule has 0 fully saturated rings. The van der Waals surface area contributed by atoms with Gasteiger partial charge in [-0.3, -0.25) is 0 Å². The smallest absolute Gasteiger partial charge is 0.416 e. The fourth-order valence-corrected chi connectivity index (χ4v) is 2.71. The average molecular weight is 409 g/mol. The van der Waals surface area contributed by atoms with Gasteiger partial charge in [0.25, 0.3) is 0 Å². The normalized spacial score (nSPS) is 11.2. The number of anilines is 3. The van der Waals surface area contributed by atoms with Crippen molar-refractivity contribution in [2.24, 2.45) is 0 Å². The monoisotopic (exact) mass is 408 g/mol. The molecule has 3 N–H and O–H groups in total. The van der Waals surface area contributed by atoms with Gasteiger partial charge < -0.3 is 20.5 Å². The van der Waals surface area contributed by atoms with Gasteiger partial charge in [0.1, 0.15) is 17.2 Å². The number of nitrogens with two attached hydrogens (primary N) is 1. The van der Waals surface area contributed by atoms with E-state index in [1.54, 1.807) is 31.4 Å². The van der Waals surface area contributed by atoms with Crippen LogP contribution in [0.2, 0.25) is 5.02 Å². The maximum atomic E-state index is 12.8. The number of nitrogen functional groups attached to an aromatic ring is 1. The fraction of sp³-hybridized carbons (Fsp3) is 0.100. The molecule has 0 aliphatic heterocycles. The van der Waals surface area contributed by atoms with Crippen LogP contribution in [0.5, 0.6) is 17.2 Å². The molecule has 3 aromatic rings. The van der Waals surface area contributed by atoms with Crippen molar-refractivity contribution in [3.63, 3.8) is 0 Å². The molecule has 28 heavy (non-hydrogen) atoms. The van der Waals surface area contributed by atoms with Crippen molar-refractivity contribution in [2.45, 2.75) is 6.18 Å². The van der Waals surface area contributed by atoms with Gasteiger partial charge in [-0.25, -0.2) is 0 Å². The summed E-state index contributed by atoms with van der Waals surface area (Å²) in [7, 11) is 1.55. The number of methoxy groups -OCH3 is 1. The van der Waals surface area contributed by atoms with Crippen LogP contribution in [0.1, 0.15) is 5.56 Å². The van der Waals surface area contributed by atoms with Gasteiger partial charge in [-0.2, -0.15) is 13.2 Å². The van der Waals surface area contributed by atoms with Gasteiger partial charge >= 0.3 is 6.18 Å². The number of halogens is 4. The van der Waals surface area contributed by atoms with E-state index in [4.69, 9.17) is 26.8 Å². The Hall–Kier alpha value is -3.06. The standard InChI is InChI=1S/C20H16ClF3N2O2/c1-27-19-5-3-2-4-16(19)26-17-11-13(7-8-15(17)25)28-18-9-6-12(10-14(18)21)20(22,23)24/h2-11,26H,25H2,1H3. The molecule has 0 aliphatic rings. The van der Waals surface area contributed by atoms with Crippen LogP contribution in [0.3, 0.4) is 0 Å². The minimum Gasteiger partial charge on any atom is -0.495 e. The van der Waals surface area contributed by atoms with Gasteiger partial charge in [0.05, 0.1) is 34.8 Å². The number of rotatable bonds is 5. The molecule has 0 aliphatic carbocycles. The Balaban J connectivity index is 1.86. The van der Waals surface area contributed by atoms with Gasteiger partial charge in [0.2, 0.25) is 0 Å². The van der Waals surface area contributed by atoms with Crippen LogP contribution in [-0.4, -0.2) is 7.11 Å². The Morgan fingerprint density at radius 1 is 0.929 bits per heavy atom. The first-order valence-corrected chi connectivity index (χ1v) is 8.50. The van der Waals surface area contributed by atoms with E-state index < -0.39 is 11.7 Å². The lowest BCUT2D eigenvalue weighted by Gasteiger charge is -2.15. The first-order chi connectivity index (χ1) is 13.3. The summed E-state index contributed by atoms with van der Waals surface area (Å²) >= 11 is 5.94. The molecule has 146 valence electrons. The lowest BCUT2D eigenvalue weighted by molar-refractivity contribution is -0.137. The first kappa shape index (κ1) is 19.7. The van der Waals surface area contributed by atoms with Crippen molar-refractivity contribution < 1.29 is 22.6 Å². The minimum absolute atomic E-state index is 0.0997. The van der Waals surface area contributed by atoms with E-state index in [0.29, 0.717) is 28.6 Å². The summed E-state index contributed by atoms with van der Waals surface area (Å²) in [5, 5.41) is 3.00. The van der Waals surface area contributed by atoms with Gasteiger partial charge in [0.15, 0.2) is 0 Å². The summed E-state index contributed by atoms with van der Waals surface area (Å²) in [6.07, 6.45) is -4.48. The number of alkyl halides is 3. The third kappa shape index (κ3) is 4.43. The van der Waals surface area contributed by atoms with Crippen molar-refractivity contribution in [1.29, 1.82) is 0 Å². The molecule has 0 radical (unpaired) electrons. The van der Waals surface area contributed by atoms with Gasteiger partial charge in [0, 0.05) is 6.07 Å². The number of hydrogen-bond donors (Lipinski definition) is 2. The summed E-state index contributed by atoms with van der Waals surface area (Å²) < 4.78 is 49.2. The zero-order valence-corrected chi connectivity index (χ0v) is 15.4. The van der Waals surface area contributed by atoms with E-state index in [-0.39, 0.29) is 10.8 Å². The maximum absolute atomic E-state index is 12.8. The highest BCUT2D eigenvalue weighted by molar-refractivity contribution is 6.32. The van der Waals surface area contributed by atoms with E-state index in [1.165, 1.54) is 6.07 Å². The molecule has 0 unspecified atom stereocenters. The number of benzene rings is 3. The van der Waals surface area contributed by atoms with Crippen molar-refractivity contribution in [2.75, 3.05) is 18.2 Å². The zero-order chi connectivity index (χ0) is 20.3. The zero-order valence-electron chi connectivity index (χ0n) is 14.7. The Morgan fingerprint density at radius 2 is 1.68 bits per heavy atom. The lowest BCUT2D eigenvalue weighted by atomic mass is 10.2. The lowest BCUT2D eigenvalue weighted by Crippen LogP contribution is -2.04. The predicted octanol–water partition coefficient (Wildman–Crippen LogP) is 6.49. The Bertz CT molecular complexity index is 993. The molecule has 0 saturated heterocycles. The summed E-state index contributed by atoms with van der Waals surface area (Å²) in [4.78, 5) is 0. The molecule has 0 atom stereocenters. The van der Waals surface area contributed by atoms with Crippen LogP contribution in [0.15, 0.2) is 60.7 Å². The molecule has 8 heteroatoms. The van der Waals surface area contributed by atoms with Crippen LogP contribution < -0.4 is 20.5 Å². The number of para-hydroxylation sites is 2. The Kier molecular flexibility index (Phi) is 5.56. The van der Waals surface area contributed by atoms with Crippen LogP contribution in [0.25, 0.3) is 0 Å². The van der Waals surface area contributed by atoms with E-state index in [1.807, 2.05) is 18.2 Å². The van der Waals surface area contributed by atoms with E-state index in [9.17, 15) is 13.2 Å². The number of ether oxygens (including phenoxy) is 2. The highest BCUT2D eigenvalue weighted by atomic mass is 35.5. The molecular formula is C20H16ClF3N2O2. The first-order valence-electron chi connectivity index (χ1n) is 8.12. The molecule has 3 rings (SSSR count). The molecule has 3 aromatic carbocycles. The molecule has 0 aromatic heterocycles. The number of hydrogen-bond acceptors (Lipinski definition) is 4. The topological polar surface area (TPSA) is 56.5 Å². The molecule has 0 amide bonds. The molecule has 0 spiro atoms. The maximum Gasteiger partial charge on any atom is 0.416 e. The molecule has 4 nitrogen and oxygen atoms in total. The van der Waals surface area contributed by atoms with E-state index in [0.717, 1.165) is 12.1 Å². The van der Waals surface area contributed by atoms with Crippen LogP contribution in [-0.2, 0) is 6.18 Å². The molecular weight excluding hydrogens is 393 g/mol. The van der Waals surface area contributed by atoms with Crippen molar-refractivity contribution in [3.05, 3.63) is 71.2 Å². The van der Waals surface area contributed by atoms with Crippen LogP contribution in [0, 0.1) is 0 Å². The average Bonchev–Trinajstić information content (AvgIpc) is 2.65. The summed E-state index contributed by atoms with van der Waals surface area (Å²) in [5.41, 5.74) is 6.86. The van der Waals surface area contributed by atoms with Crippen molar-refractivity contribution >= 4 is 28.7 Å². The highest BCUT2D eigenvalue weighted by Crippen LogP contribution is 2.38. The third-order valence-electron chi connectivity index (χ3n) is 3.89. The fourth-order valence-electron chi connectivity index (χ4n) is 2.49. The largest absolute Gasteiger partial charge is 0.495 e. The predicted molar refractivity (Wildman–Crippen MR) is 104 cm³/mol. The second kappa shape index (κ2) is 7.90. The van der Waals surface area contributed by atoms with E-state index >= 15 is 0 Å². The summed E-state index contributed by atoms with van der Waals surface area (Å²) in [6.45, 7) is 0. The van der Waals surface area contributed by atoms with E-state index in [2.05, 4.69) is 5.32 Å². The third-order valence-corrected chi connectivity index (χ3v) is 4.18. The molecule has 0 bridgehead atoms. The minimum atomic E-state index is -4.48. The summed E-state index contributed by atoms with van der Waals surface area (Å²) in [6, 6.07) is 15.0. The van der Waals surface area contributed by atoms with Crippen LogP contribution in [0.4, 0.5) is 30.2 Å². The van der Waals surface area contributed by atoms with Crippen LogP contribution >= 0.6 is 11.6 Å².